The Labute approximate surface area is 190 Å². The van der Waals surface area contributed by atoms with E-state index in [0.29, 0.717) is 19.6 Å². The van der Waals surface area contributed by atoms with Gasteiger partial charge in [0.2, 0.25) is 12.2 Å². The Morgan fingerprint density at radius 1 is 1.25 bits per heavy atom. The molecule has 2 unspecified atom stereocenters. The third-order valence-electron chi connectivity index (χ3n) is 4.97. The van der Waals surface area contributed by atoms with Crippen LogP contribution < -0.4 is 0 Å². The van der Waals surface area contributed by atoms with Crippen LogP contribution in [-0.2, 0) is 28.7 Å². The van der Waals surface area contributed by atoms with Crippen LogP contribution in [0.25, 0.3) is 0 Å². The lowest BCUT2D eigenvalue weighted by atomic mass is 9.63. The predicted molar refractivity (Wildman–Crippen MR) is 118 cm³/mol. The largest absolute Gasteiger partial charge is 0.466 e. The Hall–Kier alpha value is -2.60. The summed E-state index contributed by atoms with van der Waals surface area (Å²) in [5, 5.41) is 8.10. The van der Waals surface area contributed by atoms with Crippen LogP contribution >= 0.6 is 0 Å². The SMILES string of the molecule is C=CC(=O)OCCO.CC1(C)CC(N=C=O)CC(C)(CN=C=O)C1.O=C1CCCCCO1. The van der Waals surface area contributed by atoms with E-state index in [9.17, 15) is 19.2 Å². The van der Waals surface area contributed by atoms with Gasteiger partial charge in [0, 0.05) is 12.5 Å². The lowest BCUT2D eigenvalue weighted by molar-refractivity contribution is -0.142. The number of aliphatic hydroxyl groups is 1. The number of carbonyl (C=O) groups is 2. The van der Waals surface area contributed by atoms with E-state index < -0.39 is 5.97 Å². The molecular formula is C23H36N2O7. The fraction of sp³-hybridized carbons (Fsp3) is 0.739. The number of aliphatic hydroxyl groups excluding tert-OH is 1. The molecule has 2 rings (SSSR count). The van der Waals surface area contributed by atoms with Crippen molar-refractivity contribution in [2.24, 2.45) is 20.8 Å². The Morgan fingerprint density at radius 2 is 1.97 bits per heavy atom. The van der Waals surface area contributed by atoms with Gasteiger partial charge in [0.25, 0.3) is 0 Å². The van der Waals surface area contributed by atoms with Crippen LogP contribution in [0.3, 0.4) is 0 Å². The summed E-state index contributed by atoms with van der Waals surface area (Å²) in [6.07, 6.45) is 10.8. The Bertz CT molecular complexity index is 684. The molecule has 0 spiro atoms. The van der Waals surface area contributed by atoms with Gasteiger partial charge in [-0.05, 0) is 49.4 Å². The topological polar surface area (TPSA) is 132 Å². The maximum Gasteiger partial charge on any atom is 0.330 e. The molecule has 32 heavy (non-hydrogen) atoms. The number of rotatable bonds is 6. The minimum atomic E-state index is -0.501. The quantitative estimate of drug-likeness (QED) is 0.283. The van der Waals surface area contributed by atoms with E-state index in [2.05, 4.69) is 42.1 Å². The number of hydrogen-bond acceptors (Lipinski definition) is 9. The first-order chi connectivity index (χ1) is 15.1. The molecule has 1 saturated carbocycles. The lowest BCUT2D eigenvalue weighted by Gasteiger charge is -2.44. The Kier molecular flexibility index (Phi) is 14.8. The minimum absolute atomic E-state index is 0.00750. The molecule has 9 heteroatoms. The van der Waals surface area contributed by atoms with Crippen LogP contribution in [0.15, 0.2) is 22.6 Å². The second-order valence-electron chi connectivity index (χ2n) is 8.97. The van der Waals surface area contributed by atoms with Crippen molar-refractivity contribution in [1.82, 2.24) is 0 Å². The maximum absolute atomic E-state index is 10.5. The van der Waals surface area contributed by atoms with Crippen LogP contribution in [0.2, 0.25) is 0 Å². The molecule has 2 fully saturated rings. The summed E-state index contributed by atoms with van der Waals surface area (Å²) in [4.78, 5) is 48.6. The number of carbonyl (C=O) groups excluding carboxylic acids is 4. The van der Waals surface area contributed by atoms with Crippen LogP contribution in [-0.4, -0.2) is 61.6 Å². The number of esters is 2. The first kappa shape index (κ1) is 29.4. The molecule has 2 aliphatic rings. The number of aliphatic imine (C=N–C) groups is 2. The third-order valence-corrected chi connectivity index (χ3v) is 4.97. The molecule has 1 aliphatic carbocycles. The summed E-state index contributed by atoms with van der Waals surface area (Å²) < 4.78 is 9.10. The minimum Gasteiger partial charge on any atom is -0.466 e. The van der Waals surface area contributed by atoms with Gasteiger partial charge in [-0.25, -0.2) is 24.4 Å². The smallest absolute Gasteiger partial charge is 0.330 e. The molecule has 0 bridgehead atoms. The van der Waals surface area contributed by atoms with Crippen LogP contribution in [0.1, 0.15) is 65.7 Å². The summed E-state index contributed by atoms with van der Waals surface area (Å²) in [6.45, 7) is 10.6. The fourth-order valence-electron chi connectivity index (χ4n) is 4.10. The van der Waals surface area contributed by atoms with Crippen LogP contribution in [0.4, 0.5) is 0 Å². The van der Waals surface area contributed by atoms with Gasteiger partial charge in [-0.15, -0.1) is 0 Å². The van der Waals surface area contributed by atoms with Crippen LogP contribution in [0.5, 0.6) is 0 Å². The molecule has 0 aromatic rings. The van der Waals surface area contributed by atoms with Crippen LogP contribution in [0, 0.1) is 10.8 Å². The van der Waals surface area contributed by atoms with Crippen molar-refractivity contribution in [3.05, 3.63) is 12.7 Å². The van der Waals surface area contributed by atoms with Crippen molar-refractivity contribution in [1.29, 1.82) is 0 Å². The Balaban J connectivity index is 0.000000504. The van der Waals surface area contributed by atoms with Gasteiger partial charge in [-0.2, -0.15) is 0 Å². The third kappa shape index (κ3) is 14.4. The van der Waals surface area contributed by atoms with Gasteiger partial charge >= 0.3 is 11.9 Å². The number of ether oxygens (including phenoxy) is 2. The molecule has 0 radical (unpaired) electrons. The van der Waals surface area contributed by atoms with Crippen molar-refractivity contribution in [3.63, 3.8) is 0 Å². The summed E-state index contributed by atoms with van der Waals surface area (Å²) >= 11 is 0. The predicted octanol–water partition coefficient (Wildman–Crippen LogP) is 3.05. The second-order valence-corrected chi connectivity index (χ2v) is 8.97. The van der Waals surface area contributed by atoms with E-state index in [0.717, 1.165) is 44.6 Å². The van der Waals surface area contributed by atoms with E-state index in [-0.39, 0.29) is 36.1 Å². The van der Waals surface area contributed by atoms with Crippen molar-refractivity contribution < 1.29 is 33.8 Å². The average Bonchev–Trinajstić information content (AvgIpc) is 2.97. The molecule has 180 valence electrons. The summed E-state index contributed by atoms with van der Waals surface area (Å²) in [5.74, 6) is -0.526. The zero-order valence-corrected chi connectivity index (χ0v) is 19.4. The number of nitrogens with zero attached hydrogens (tertiary/aromatic N) is 2. The standard InChI is InChI=1S/C12H18N2O2.C6H10O2.C5H8O3/c1-11(2)4-10(14-9-16)5-12(3,6-11)7-13-8-15;7-6-4-2-1-3-5-8-6;1-2-5(7)8-4-3-6/h10H,4-7H2,1-3H3;1-5H2;2,6H,1,3-4H2. The highest BCUT2D eigenvalue weighted by Crippen LogP contribution is 2.47. The summed E-state index contributed by atoms with van der Waals surface area (Å²) in [5.41, 5.74) is 0.0561. The van der Waals surface area contributed by atoms with Gasteiger partial charge in [-0.3, -0.25) is 4.79 Å². The molecular weight excluding hydrogens is 416 g/mol. The average molecular weight is 453 g/mol. The zero-order chi connectivity index (χ0) is 24.5. The van der Waals surface area contributed by atoms with Gasteiger partial charge in [0.15, 0.2) is 0 Å². The molecule has 2 atom stereocenters. The highest BCUT2D eigenvalue weighted by molar-refractivity contribution is 5.81. The number of hydrogen-bond donors (Lipinski definition) is 1. The van der Waals surface area contributed by atoms with E-state index in [1.807, 2.05) is 0 Å². The molecule has 0 aromatic carbocycles. The molecule has 0 amide bonds. The molecule has 0 aromatic heterocycles. The van der Waals surface area contributed by atoms with Gasteiger partial charge in [-0.1, -0.05) is 27.4 Å². The summed E-state index contributed by atoms with van der Waals surface area (Å²) in [6, 6.07) is 0.00750. The highest BCUT2D eigenvalue weighted by atomic mass is 16.5. The van der Waals surface area contributed by atoms with E-state index >= 15 is 0 Å². The first-order valence-electron chi connectivity index (χ1n) is 10.8. The number of isocyanates is 2. The van der Waals surface area contributed by atoms with E-state index in [4.69, 9.17) is 9.84 Å². The molecule has 9 nitrogen and oxygen atoms in total. The van der Waals surface area contributed by atoms with Gasteiger partial charge in [0.1, 0.15) is 6.61 Å². The molecule has 1 saturated heterocycles. The maximum atomic E-state index is 10.5. The molecule has 1 aliphatic heterocycles. The normalized spacial score (nSPS) is 23.6. The van der Waals surface area contributed by atoms with Gasteiger partial charge < -0.3 is 14.6 Å². The fourth-order valence-corrected chi connectivity index (χ4v) is 4.10. The highest BCUT2D eigenvalue weighted by Gasteiger charge is 2.41. The monoisotopic (exact) mass is 452 g/mol. The number of cyclic esters (lactones) is 1. The second kappa shape index (κ2) is 16.1. The van der Waals surface area contributed by atoms with Gasteiger partial charge in [0.05, 0.1) is 25.8 Å². The summed E-state index contributed by atoms with van der Waals surface area (Å²) in [7, 11) is 0. The van der Waals surface area contributed by atoms with E-state index in [1.54, 1.807) is 12.2 Å². The first-order valence-corrected chi connectivity index (χ1v) is 10.8. The molecule has 1 heterocycles. The van der Waals surface area contributed by atoms with Crippen molar-refractivity contribution >= 4 is 24.1 Å². The van der Waals surface area contributed by atoms with Crippen molar-refractivity contribution in [2.45, 2.75) is 71.8 Å². The van der Waals surface area contributed by atoms with Crippen molar-refractivity contribution in [2.75, 3.05) is 26.4 Å². The zero-order valence-electron chi connectivity index (χ0n) is 19.4. The Morgan fingerprint density at radius 3 is 2.56 bits per heavy atom. The van der Waals surface area contributed by atoms with E-state index in [1.165, 1.54) is 0 Å². The van der Waals surface area contributed by atoms with Crippen molar-refractivity contribution in [3.8, 4) is 0 Å². The molecule has 1 N–H and O–H groups in total. The lowest BCUT2D eigenvalue weighted by Crippen LogP contribution is -2.39.